The topological polar surface area (TPSA) is 30.9 Å². The predicted octanol–water partition coefficient (Wildman–Crippen LogP) is 2.71. The zero-order valence-corrected chi connectivity index (χ0v) is 12.6. The van der Waals surface area contributed by atoms with Gasteiger partial charge in [-0.15, -0.1) is 0 Å². The summed E-state index contributed by atoms with van der Waals surface area (Å²) in [6.07, 6.45) is 1.90. The van der Waals surface area contributed by atoms with E-state index in [4.69, 9.17) is 4.74 Å². The van der Waals surface area contributed by atoms with Crippen molar-refractivity contribution in [2.75, 3.05) is 6.61 Å². The first-order chi connectivity index (χ1) is 9.57. The predicted molar refractivity (Wildman–Crippen MR) is 72.7 cm³/mol. The Balaban J connectivity index is 0.000000383. The average molecular weight is 307 g/mol. The molecule has 0 N–H and O–H groups in total. The minimum Gasteiger partial charge on any atom is -0.443 e. The normalized spacial score (nSPS) is 11.3. The van der Waals surface area contributed by atoms with Crippen LogP contribution in [0.25, 0.3) is 10.8 Å². The molecular weight excluding hydrogens is 289 g/mol. The van der Waals surface area contributed by atoms with Crippen LogP contribution in [-0.4, -0.2) is 23.5 Å². The monoisotopic (exact) mass is 307 g/mol. The lowest BCUT2D eigenvalue weighted by Crippen LogP contribution is -2.35. The molecule has 0 bridgehead atoms. The summed E-state index contributed by atoms with van der Waals surface area (Å²) in [7, 11) is -2.02. The molecule has 0 aliphatic rings. The van der Waals surface area contributed by atoms with Crippen LogP contribution in [0.5, 0.6) is 5.88 Å². The Morgan fingerprint density at radius 3 is 2.24 bits per heavy atom. The van der Waals surface area contributed by atoms with Crippen molar-refractivity contribution >= 4 is 18.0 Å². The maximum Gasteiger partial charge on any atom is 0.673 e. The molecule has 2 heterocycles. The van der Waals surface area contributed by atoms with E-state index in [0.29, 0.717) is 6.61 Å². The van der Waals surface area contributed by atoms with E-state index in [1.54, 1.807) is 4.68 Å². The molecule has 0 saturated heterocycles. The van der Waals surface area contributed by atoms with Gasteiger partial charge in [0.25, 0.3) is 0 Å². The Morgan fingerprint density at radius 2 is 1.76 bits per heavy atom. The van der Waals surface area contributed by atoms with Crippen LogP contribution in [0.1, 0.15) is 18.3 Å². The van der Waals surface area contributed by atoms with Crippen LogP contribution in [0.3, 0.4) is 0 Å². The number of nitrogens with zero attached hydrogens (tertiary/aromatic N) is 3. The lowest BCUT2D eigenvalue weighted by Gasteiger charge is -2.01. The smallest absolute Gasteiger partial charge is 0.443 e. The number of hydrogen-bond donors (Lipinski definition) is 0. The van der Waals surface area contributed by atoms with Gasteiger partial charge in [-0.05, 0) is 25.9 Å². The third-order valence-electron chi connectivity index (χ3n) is 3.18. The first-order valence-electron chi connectivity index (χ1n) is 6.38. The number of aryl methyl sites for hydroxylation is 3. The van der Waals surface area contributed by atoms with Gasteiger partial charge in [0.2, 0.25) is 0 Å². The third-order valence-corrected chi connectivity index (χ3v) is 3.18. The van der Waals surface area contributed by atoms with Crippen LogP contribution in [0, 0.1) is 13.8 Å². The summed E-state index contributed by atoms with van der Waals surface area (Å²) in [5.74, 6) is 0.848. The molecular formula is C12H18BF4N3O. The Morgan fingerprint density at radius 1 is 1.24 bits per heavy atom. The molecule has 0 fully saturated rings. The number of aromatic nitrogens is 3. The molecule has 2 rings (SSSR count). The molecule has 9 heteroatoms. The maximum atomic E-state index is 9.75. The number of halogens is 4. The van der Waals surface area contributed by atoms with Gasteiger partial charge in [0.1, 0.15) is 11.6 Å². The molecule has 21 heavy (non-hydrogen) atoms. The van der Waals surface area contributed by atoms with Gasteiger partial charge in [0.05, 0.1) is 6.61 Å². The molecule has 0 aliphatic heterocycles. The zero-order chi connectivity index (χ0) is 16.4. The van der Waals surface area contributed by atoms with Gasteiger partial charge in [0, 0.05) is 23.8 Å². The summed E-state index contributed by atoms with van der Waals surface area (Å²) >= 11 is 0. The van der Waals surface area contributed by atoms with E-state index in [2.05, 4.69) is 30.6 Å². The van der Waals surface area contributed by atoms with E-state index in [-0.39, 0.29) is 0 Å². The van der Waals surface area contributed by atoms with Crippen molar-refractivity contribution < 1.29 is 26.7 Å². The van der Waals surface area contributed by atoms with Crippen molar-refractivity contribution in [1.29, 1.82) is 0 Å². The average Bonchev–Trinajstić information content (AvgIpc) is 2.56. The van der Waals surface area contributed by atoms with Crippen molar-refractivity contribution in [2.24, 2.45) is 14.1 Å². The maximum absolute atomic E-state index is 9.75. The van der Waals surface area contributed by atoms with Crippen molar-refractivity contribution in [1.82, 2.24) is 9.67 Å². The molecule has 0 amide bonds. The van der Waals surface area contributed by atoms with Gasteiger partial charge in [0.15, 0.2) is 7.05 Å². The molecule has 4 nitrogen and oxygen atoms in total. The van der Waals surface area contributed by atoms with Gasteiger partial charge in [-0.3, -0.25) is 0 Å². The second-order valence-corrected chi connectivity index (χ2v) is 4.52. The van der Waals surface area contributed by atoms with E-state index in [0.717, 1.165) is 5.88 Å². The molecule has 0 aromatic carbocycles. The molecule has 0 spiro atoms. The van der Waals surface area contributed by atoms with Crippen LogP contribution in [-0.2, 0) is 14.1 Å². The summed E-state index contributed by atoms with van der Waals surface area (Å²) in [4.78, 5) is 0. The van der Waals surface area contributed by atoms with Crippen LogP contribution in [0.2, 0.25) is 0 Å². The number of ether oxygens (including phenoxy) is 1. The molecule has 0 saturated carbocycles. The van der Waals surface area contributed by atoms with Crippen LogP contribution >= 0.6 is 0 Å². The first-order valence-corrected chi connectivity index (χ1v) is 6.38. The largest absolute Gasteiger partial charge is 0.673 e. The SMILES string of the molecule is CCOc1c2c(C)n(C)c(C)c2cn[n+]1C.F[B-](F)(F)F. The molecule has 2 aromatic rings. The van der Waals surface area contributed by atoms with Crippen molar-refractivity contribution in [3.63, 3.8) is 0 Å². The summed E-state index contributed by atoms with van der Waals surface area (Å²) in [5, 5.41) is 6.65. The lowest BCUT2D eigenvalue weighted by atomic mass is 10.2. The Bertz CT molecular complexity index is 634. The molecule has 0 unspecified atom stereocenters. The van der Waals surface area contributed by atoms with Gasteiger partial charge < -0.3 is 26.6 Å². The van der Waals surface area contributed by atoms with E-state index >= 15 is 0 Å². The van der Waals surface area contributed by atoms with Crippen LogP contribution in [0.4, 0.5) is 17.3 Å². The van der Waals surface area contributed by atoms with Gasteiger partial charge in [-0.25, -0.2) is 0 Å². The van der Waals surface area contributed by atoms with E-state index in [1.807, 2.05) is 20.2 Å². The molecule has 0 aliphatic carbocycles. The Labute approximate surface area is 120 Å². The number of hydrogen-bond acceptors (Lipinski definition) is 2. The van der Waals surface area contributed by atoms with E-state index in [1.165, 1.54) is 22.2 Å². The third kappa shape index (κ3) is 4.09. The first kappa shape index (κ1) is 17.3. The van der Waals surface area contributed by atoms with Gasteiger partial charge >= 0.3 is 13.1 Å². The molecule has 0 atom stereocenters. The second-order valence-electron chi connectivity index (χ2n) is 4.52. The summed E-state index contributed by atoms with van der Waals surface area (Å²) in [6, 6.07) is 0. The quantitative estimate of drug-likeness (QED) is 0.485. The van der Waals surface area contributed by atoms with Gasteiger partial charge in [-0.1, -0.05) is 4.68 Å². The molecule has 118 valence electrons. The number of rotatable bonds is 2. The standard InChI is InChI=1S/C12H18N3O.BF4/c1-6-16-12-11-9(3)14(4)8(2)10(11)7-13-15(12)5;2-1(3,4)5/h7H,6H2,1-5H3;/q+1;-1. The molecule has 2 aromatic heterocycles. The van der Waals surface area contributed by atoms with E-state index < -0.39 is 7.25 Å². The van der Waals surface area contributed by atoms with Crippen molar-refractivity contribution in [3.8, 4) is 5.88 Å². The van der Waals surface area contributed by atoms with Crippen molar-refractivity contribution in [2.45, 2.75) is 20.8 Å². The highest BCUT2D eigenvalue weighted by molar-refractivity contribution is 6.50. The summed E-state index contributed by atoms with van der Waals surface area (Å²) in [6.45, 7) is 6.86. The highest BCUT2D eigenvalue weighted by Gasteiger charge is 2.22. The minimum atomic E-state index is -6.00. The highest BCUT2D eigenvalue weighted by Crippen LogP contribution is 2.28. The summed E-state index contributed by atoms with van der Waals surface area (Å²) in [5.41, 5.74) is 2.44. The van der Waals surface area contributed by atoms with Gasteiger partial charge in [-0.2, -0.15) is 0 Å². The lowest BCUT2D eigenvalue weighted by molar-refractivity contribution is -0.733. The van der Waals surface area contributed by atoms with E-state index in [9.17, 15) is 17.3 Å². The highest BCUT2D eigenvalue weighted by atomic mass is 19.5. The zero-order valence-electron chi connectivity index (χ0n) is 12.6. The molecule has 0 radical (unpaired) electrons. The minimum absolute atomic E-state index is 0.655. The fourth-order valence-electron chi connectivity index (χ4n) is 2.06. The Hall–Kier alpha value is -1.80. The Kier molecular flexibility index (Phi) is 5.19. The summed E-state index contributed by atoms with van der Waals surface area (Å²) < 4.78 is 48.7. The fourth-order valence-corrected chi connectivity index (χ4v) is 2.06. The fraction of sp³-hybridized carbons (Fsp3) is 0.500. The second kappa shape index (κ2) is 6.32. The van der Waals surface area contributed by atoms with Crippen LogP contribution < -0.4 is 9.42 Å². The van der Waals surface area contributed by atoms with Crippen molar-refractivity contribution in [3.05, 3.63) is 17.6 Å². The number of fused-ring (bicyclic) bond motifs is 1. The van der Waals surface area contributed by atoms with Crippen LogP contribution in [0.15, 0.2) is 6.20 Å².